The van der Waals surface area contributed by atoms with Crippen LogP contribution in [-0.4, -0.2) is 14.2 Å². The lowest BCUT2D eigenvalue weighted by Crippen LogP contribution is -2.01. The minimum Gasteiger partial charge on any atom is -0.493 e. The molecule has 0 radical (unpaired) electrons. The van der Waals surface area contributed by atoms with Crippen molar-refractivity contribution in [2.24, 2.45) is 0 Å². The third kappa shape index (κ3) is 3.82. The van der Waals surface area contributed by atoms with Gasteiger partial charge in [-0.15, -0.1) is 0 Å². The topological polar surface area (TPSA) is 30.5 Å². The zero-order valence-electron chi connectivity index (χ0n) is 12.6. The Morgan fingerprint density at radius 3 is 2.52 bits per heavy atom. The highest BCUT2D eigenvalue weighted by atomic mass is 35.5. The third-order valence-corrected chi connectivity index (χ3v) is 3.61. The molecule has 2 aromatic carbocycles. The van der Waals surface area contributed by atoms with Gasteiger partial charge in [-0.3, -0.25) is 0 Å². The van der Waals surface area contributed by atoms with Crippen molar-refractivity contribution in [1.29, 1.82) is 0 Å². The first-order valence-corrected chi connectivity index (χ1v) is 7.29. The van der Waals surface area contributed by atoms with Gasteiger partial charge in [-0.25, -0.2) is 0 Å². The fourth-order valence-corrected chi connectivity index (χ4v) is 2.49. The van der Waals surface area contributed by atoms with Crippen LogP contribution < -0.4 is 14.8 Å². The first-order chi connectivity index (χ1) is 10.2. The summed E-state index contributed by atoms with van der Waals surface area (Å²) in [5, 5.41) is 3.95. The molecule has 0 amide bonds. The zero-order chi connectivity index (χ0) is 15.2. The van der Waals surface area contributed by atoms with Crippen LogP contribution in [0.4, 0.5) is 5.69 Å². The maximum atomic E-state index is 6.21. The van der Waals surface area contributed by atoms with E-state index in [4.69, 9.17) is 21.1 Å². The average Bonchev–Trinajstić information content (AvgIpc) is 2.52. The lowest BCUT2D eigenvalue weighted by molar-refractivity contribution is 0.355. The standard InChI is InChI=1S/C17H20ClNO2/c1-4-12-6-5-7-14(8-12)19-11-13-9-15(18)17(21-3)16(10-13)20-2/h5-10,19H,4,11H2,1-3H3. The number of aryl methyl sites for hydroxylation is 1. The maximum absolute atomic E-state index is 6.21. The molecule has 0 spiro atoms. The summed E-state index contributed by atoms with van der Waals surface area (Å²) in [6, 6.07) is 12.2. The molecule has 0 atom stereocenters. The predicted octanol–water partition coefficient (Wildman–Crippen LogP) is 4.53. The number of rotatable bonds is 6. The lowest BCUT2D eigenvalue weighted by Gasteiger charge is -2.13. The number of benzene rings is 2. The van der Waals surface area contributed by atoms with Gasteiger partial charge in [0.15, 0.2) is 11.5 Å². The molecule has 0 unspecified atom stereocenters. The number of hydrogen-bond acceptors (Lipinski definition) is 3. The molecule has 1 N–H and O–H groups in total. The van der Waals surface area contributed by atoms with Crippen molar-refractivity contribution in [1.82, 2.24) is 0 Å². The summed E-state index contributed by atoms with van der Waals surface area (Å²) in [4.78, 5) is 0. The summed E-state index contributed by atoms with van der Waals surface area (Å²) < 4.78 is 10.5. The molecule has 0 saturated carbocycles. The van der Waals surface area contributed by atoms with E-state index in [0.717, 1.165) is 17.7 Å². The normalized spacial score (nSPS) is 10.3. The Balaban J connectivity index is 2.14. The highest BCUT2D eigenvalue weighted by molar-refractivity contribution is 6.32. The van der Waals surface area contributed by atoms with E-state index in [0.29, 0.717) is 23.1 Å². The fourth-order valence-electron chi connectivity index (χ4n) is 2.18. The molecular formula is C17H20ClNO2. The number of nitrogens with one attached hydrogen (secondary N) is 1. The molecule has 0 aromatic heterocycles. The lowest BCUT2D eigenvalue weighted by atomic mass is 10.1. The fraction of sp³-hybridized carbons (Fsp3) is 0.294. The number of ether oxygens (including phenoxy) is 2. The quantitative estimate of drug-likeness (QED) is 0.850. The van der Waals surface area contributed by atoms with E-state index in [9.17, 15) is 0 Å². The van der Waals surface area contributed by atoms with Crippen molar-refractivity contribution in [3.05, 3.63) is 52.5 Å². The van der Waals surface area contributed by atoms with Crippen LogP contribution in [0.5, 0.6) is 11.5 Å². The van der Waals surface area contributed by atoms with E-state index in [2.05, 4.69) is 36.5 Å². The van der Waals surface area contributed by atoms with E-state index in [1.165, 1.54) is 5.56 Å². The van der Waals surface area contributed by atoms with Crippen LogP contribution in [0, 0.1) is 0 Å². The molecule has 2 aromatic rings. The molecule has 0 aliphatic rings. The molecule has 0 fully saturated rings. The van der Waals surface area contributed by atoms with Gasteiger partial charge in [0.05, 0.1) is 19.2 Å². The molecule has 0 saturated heterocycles. The molecule has 4 heteroatoms. The number of halogens is 1. The highest BCUT2D eigenvalue weighted by Gasteiger charge is 2.10. The van der Waals surface area contributed by atoms with Crippen LogP contribution in [0.2, 0.25) is 5.02 Å². The van der Waals surface area contributed by atoms with Crippen molar-refractivity contribution in [3.8, 4) is 11.5 Å². The second-order valence-corrected chi connectivity index (χ2v) is 5.13. The first kappa shape index (κ1) is 15.5. The van der Waals surface area contributed by atoms with Gasteiger partial charge in [-0.1, -0.05) is 30.7 Å². The summed E-state index contributed by atoms with van der Waals surface area (Å²) >= 11 is 6.21. The molecule has 0 aliphatic heterocycles. The van der Waals surface area contributed by atoms with Gasteiger partial charge in [0, 0.05) is 12.2 Å². The summed E-state index contributed by atoms with van der Waals surface area (Å²) in [5.41, 5.74) is 3.45. The van der Waals surface area contributed by atoms with Crippen LogP contribution in [-0.2, 0) is 13.0 Å². The van der Waals surface area contributed by atoms with Crippen LogP contribution >= 0.6 is 11.6 Å². The van der Waals surface area contributed by atoms with Gasteiger partial charge in [-0.2, -0.15) is 0 Å². The monoisotopic (exact) mass is 305 g/mol. The Kier molecular flexibility index (Phi) is 5.34. The summed E-state index contributed by atoms with van der Waals surface area (Å²) in [5.74, 6) is 1.21. The summed E-state index contributed by atoms with van der Waals surface area (Å²) in [6.45, 7) is 2.82. The van der Waals surface area contributed by atoms with Crippen molar-refractivity contribution < 1.29 is 9.47 Å². The smallest absolute Gasteiger partial charge is 0.179 e. The average molecular weight is 306 g/mol. The van der Waals surface area contributed by atoms with Gasteiger partial charge in [0.1, 0.15) is 0 Å². The van der Waals surface area contributed by atoms with Crippen molar-refractivity contribution in [2.45, 2.75) is 19.9 Å². The second kappa shape index (κ2) is 7.23. The Labute approximate surface area is 130 Å². The maximum Gasteiger partial charge on any atom is 0.179 e. The van der Waals surface area contributed by atoms with E-state index in [1.54, 1.807) is 14.2 Å². The Bertz CT molecular complexity index is 614. The minimum atomic E-state index is 0.552. The van der Waals surface area contributed by atoms with Crippen LogP contribution in [0.15, 0.2) is 36.4 Å². The Morgan fingerprint density at radius 1 is 1.05 bits per heavy atom. The number of hydrogen-bond donors (Lipinski definition) is 1. The van der Waals surface area contributed by atoms with Crippen LogP contribution in [0.1, 0.15) is 18.1 Å². The second-order valence-electron chi connectivity index (χ2n) is 4.72. The van der Waals surface area contributed by atoms with Gasteiger partial charge < -0.3 is 14.8 Å². The highest BCUT2D eigenvalue weighted by Crippen LogP contribution is 2.36. The molecule has 0 heterocycles. The van der Waals surface area contributed by atoms with E-state index in [1.807, 2.05) is 12.1 Å². The summed E-state index contributed by atoms with van der Waals surface area (Å²) in [7, 11) is 3.19. The molecule has 21 heavy (non-hydrogen) atoms. The molecule has 2 rings (SSSR count). The van der Waals surface area contributed by atoms with Gasteiger partial charge in [-0.05, 0) is 41.8 Å². The van der Waals surface area contributed by atoms with Gasteiger partial charge >= 0.3 is 0 Å². The molecular weight excluding hydrogens is 286 g/mol. The van der Waals surface area contributed by atoms with Crippen molar-refractivity contribution in [2.75, 3.05) is 19.5 Å². The van der Waals surface area contributed by atoms with Crippen LogP contribution in [0.25, 0.3) is 0 Å². The minimum absolute atomic E-state index is 0.552. The Hall–Kier alpha value is -1.87. The number of anilines is 1. The molecule has 0 aliphatic carbocycles. The largest absolute Gasteiger partial charge is 0.493 e. The van der Waals surface area contributed by atoms with E-state index < -0.39 is 0 Å². The van der Waals surface area contributed by atoms with E-state index >= 15 is 0 Å². The molecule has 0 bridgehead atoms. The van der Waals surface area contributed by atoms with Gasteiger partial charge in [0.25, 0.3) is 0 Å². The zero-order valence-corrected chi connectivity index (χ0v) is 13.3. The van der Waals surface area contributed by atoms with Crippen molar-refractivity contribution >= 4 is 17.3 Å². The van der Waals surface area contributed by atoms with Crippen molar-refractivity contribution in [3.63, 3.8) is 0 Å². The van der Waals surface area contributed by atoms with E-state index in [-0.39, 0.29) is 0 Å². The van der Waals surface area contributed by atoms with Gasteiger partial charge in [0.2, 0.25) is 0 Å². The third-order valence-electron chi connectivity index (χ3n) is 3.33. The summed E-state index contributed by atoms with van der Waals surface area (Å²) in [6.07, 6.45) is 1.03. The SMILES string of the molecule is CCc1cccc(NCc2cc(Cl)c(OC)c(OC)c2)c1. The Morgan fingerprint density at radius 2 is 1.86 bits per heavy atom. The molecule has 112 valence electrons. The number of methoxy groups -OCH3 is 2. The molecule has 3 nitrogen and oxygen atoms in total. The predicted molar refractivity (Wildman–Crippen MR) is 87.7 cm³/mol. The van der Waals surface area contributed by atoms with Crippen LogP contribution in [0.3, 0.4) is 0 Å². The first-order valence-electron chi connectivity index (χ1n) is 6.91.